The van der Waals surface area contributed by atoms with Gasteiger partial charge in [0.2, 0.25) is 0 Å². The van der Waals surface area contributed by atoms with Crippen molar-refractivity contribution < 1.29 is 14.3 Å². The summed E-state index contributed by atoms with van der Waals surface area (Å²) in [7, 11) is 1.67. The van der Waals surface area contributed by atoms with E-state index >= 15 is 0 Å². The summed E-state index contributed by atoms with van der Waals surface area (Å²) < 4.78 is 5.91. The number of fused-ring (bicyclic) bond motifs is 3. The van der Waals surface area contributed by atoms with Crippen LogP contribution in [0.25, 0.3) is 0 Å². The summed E-state index contributed by atoms with van der Waals surface area (Å²) in [6.45, 7) is 2.34. The molecular weight excluding hydrogens is 397 g/mol. The largest absolute Gasteiger partial charge is 0.461 e. The number of hydrogen-bond donors (Lipinski definition) is 0. The molecule has 0 saturated heterocycles. The van der Waals surface area contributed by atoms with Crippen LogP contribution >= 0.6 is 22.6 Å². The van der Waals surface area contributed by atoms with Gasteiger partial charge in [0.1, 0.15) is 6.67 Å². The molecule has 2 aliphatic heterocycles. The molecule has 0 atom stereocenters. The number of ether oxygens (including phenoxy) is 1. The molecule has 0 aromatic heterocycles. The second-order valence-electron chi connectivity index (χ2n) is 4.86. The Hall–Kier alpha value is -1.90. The lowest BCUT2D eigenvalue weighted by Crippen LogP contribution is -2.26. The topological polar surface area (TPSA) is 62.2 Å². The quantitative estimate of drug-likeness (QED) is 0.552. The van der Waals surface area contributed by atoms with Crippen LogP contribution in [0, 0.1) is 3.57 Å². The Morgan fingerprint density at radius 3 is 2.95 bits per heavy atom. The molecule has 2 aliphatic rings. The lowest BCUT2D eigenvalue weighted by molar-refractivity contribution is -0.134. The number of carbonyl (C=O) groups is 2. The molecule has 0 radical (unpaired) electrons. The molecule has 7 heteroatoms. The molecule has 0 spiro atoms. The number of esters is 1. The molecule has 0 saturated carbocycles. The molecule has 1 aromatic rings. The summed E-state index contributed by atoms with van der Waals surface area (Å²) in [4.78, 5) is 32.3. The molecular formula is C15H14IN3O3. The maximum absolute atomic E-state index is 12.6. The summed E-state index contributed by atoms with van der Waals surface area (Å²) in [5, 5.41) is 0. The van der Waals surface area contributed by atoms with E-state index in [1.54, 1.807) is 20.2 Å². The third kappa shape index (κ3) is 2.29. The highest BCUT2D eigenvalue weighted by molar-refractivity contribution is 14.1. The number of nitrogens with zero attached hydrogens (tertiary/aromatic N) is 3. The predicted molar refractivity (Wildman–Crippen MR) is 90.7 cm³/mol. The number of aliphatic imine (C=N–C) groups is 1. The zero-order valence-electron chi connectivity index (χ0n) is 12.2. The maximum atomic E-state index is 12.6. The Balaban J connectivity index is 2.11. The van der Waals surface area contributed by atoms with E-state index in [1.807, 2.05) is 23.1 Å². The van der Waals surface area contributed by atoms with E-state index in [9.17, 15) is 9.59 Å². The van der Waals surface area contributed by atoms with Gasteiger partial charge in [0, 0.05) is 16.8 Å². The van der Waals surface area contributed by atoms with Crippen molar-refractivity contribution in [3.63, 3.8) is 0 Å². The second kappa shape index (κ2) is 5.71. The van der Waals surface area contributed by atoms with Gasteiger partial charge in [-0.05, 0) is 41.6 Å². The van der Waals surface area contributed by atoms with Gasteiger partial charge >= 0.3 is 5.97 Å². The normalized spacial score (nSPS) is 16.6. The molecule has 0 unspecified atom stereocenters. The fraction of sp³-hybridized carbons (Fsp3) is 0.267. The number of benzene rings is 1. The lowest BCUT2D eigenvalue weighted by atomic mass is 10.1. The first kappa shape index (κ1) is 15.0. The van der Waals surface area contributed by atoms with Crippen molar-refractivity contribution in [2.24, 2.45) is 4.99 Å². The summed E-state index contributed by atoms with van der Waals surface area (Å²) >= 11 is 2.15. The Kier molecular flexibility index (Phi) is 3.90. The highest BCUT2D eigenvalue weighted by Gasteiger charge is 2.35. The SMILES string of the molecule is CCOC(=O)C1=NCN2C1=CN(C)C(=O)c1c(I)cccc12. The highest BCUT2D eigenvalue weighted by Crippen LogP contribution is 2.34. The van der Waals surface area contributed by atoms with Crippen LogP contribution in [0.2, 0.25) is 0 Å². The molecule has 0 bridgehead atoms. The minimum absolute atomic E-state index is 0.106. The van der Waals surface area contributed by atoms with Gasteiger partial charge in [0.25, 0.3) is 5.91 Å². The molecule has 0 aliphatic carbocycles. The third-order valence-electron chi connectivity index (χ3n) is 3.50. The van der Waals surface area contributed by atoms with Crippen molar-refractivity contribution in [2.45, 2.75) is 6.92 Å². The van der Waals surface area contributed by atoms with E-state index in [0.717, 1.165) is 9.26 Å². The Labute approximate surface area is 141 Å². The summed E-state index contributed by atoms with van der Waals surface area (Å²) in [6.07, 6.45) is 1.64. The van der Waals surface area contributed by atoms with Crippen LogP contribution < -0.4 is 4.90 Å². The van der Waals surface area contributed by atoms with Gasteiger partial charge < -0.3 is 14.5 Å². The number of amides is 1. The highest BCUT2D eigenvalue weighted by atomic mass is 127. The smallest absolute Gasteiger partial charge is 0.358 e. The van der Waals surface area contributed by atoms with Crippen molar-refractivity contribution >= 4 is 45.9 Å². The van der Waals surface area contributed by atoms with Crippen LogP contribution in [-0.2, 0) is 9.53 Å². The molecule has 1 aromatic carbocycles. The van der Waals surface area contributed by atoms with Crippen LogP contribution in [0.5, 0.6) is 0 Å². The van der Waals surface area contributed by atoms with Gasteiger partial charge in [-0.3, -0.25) is 9.79 Å². The number of carbonyl (C=O) groups excluding carboxylic acids is 2. The zero-order chi connectivity index (χ0) is 15.9. The average Bonchev–Trinajstić information content (AvgIpc) is 2.85. The van der Waals surface area contributed by atoms with Crippen molar-refractivity contribution in [1.82, 2.24) is 4.90 Å². The van der Waals surface area contributed by atoms with Gasteiger partial charge in [0.15, 0.2) is 5.71 Å². The van der Waals surface area contributed by atoms with Crippen LogP contribution in [-0.4, -0.2) is 42.8 Å². The third-order valence-corrected chi connectivity index (χ3v) is 4.40. The fourth-order valence-corrected chi connectivity index (χ4v) is 3.21. The van der Waals surface area contributed by atoms with Crippen LogP contribution in [0.4, 0.5) is 5.69 Å². The van der Waals surface area contributed by atoms with E-state index in [1.165, 1.54) is 4.90 Å². The zero-order valence-corrected chi connectivity index (χ0v) is 14.3. The predicted octanol–water partition coefficient (Wildman–Crippen LogP) is 2.00. The number of hydrogen-bond acceptors (Lipinski definition) is 5. The first-order chi connectivity index (χ1) is 10.5. The minimum Gasteiger partial charge on any atom is -0.461 e. The molecule has 2 heterocycles. The van der Waals surface area contributed by atoms with Gasteiger partial charge in [-0.25, -0.2) is 4.79 Å². The van der Waals surface area contributed by atoms with E-state index in [2.05, 4.69) is 27.6 Å². The van der Waals surface area contributed by atoms with Gasteiger partial charge in [-0.15, -0.1) is 0 Å². The summed E-state index contributed by atoms with van der Waals surface area (Å²) in [5.41, 5.74) is 2.23. The van der Waals surface area contributed by atoms with Crippen molar-refractivity contribution in [3.8, 4) is 0 Å². The first-order valence-corrected chi connectivity index (χ1v) is 7.89. The van der Waals surface area contributed by atoms with E-state index in [4.69, 9.17) is 4.74 Å². The Bertz CT molecular complexity index is 727. The van der Waals surface area contributed by atoms with Crippen LogP contribution in [0.1, 0.15) is 17.3 Å². The molecule has 0 N–H and O–H groups in total. The Morgan fingerprint density at radius 2 is 2.23 bits per heavy atom. The Morgan fingerprint density at radius 1 is 1.45 bits per heavy atom. The average molecular weight is 411 g/mol. The maximum Gasteiger partial charge on any atom is 0.358 e. The van der Waals surface area contributed by atoms with Crippen molar-refractivity contribution in [1.29, 1.82) is 0 Å². The molecule has 0 fully saturated rings. The molecule has 22 heavy (non-hydrogen) atoms. The first-order valence-electron chi connectivity index (χ1n) is 6.81. The molecule has 3 rings (SSSR count). The van der Waals surface area contributed by atoms with E-state index in [0.29, 0.717) is 17.9 Å². The molecule has 114 valence electrons. The van der Waals surface area contributed by atoms with Crippen molar-refractivity contribution in [2.75, 3.05) is 25.2 Å². The van der Waals surface area contributed by atoms with Crippen LogP contribution in [0.15, 0.2) is 35.1 Å². The van der Waals surface area contributed by atoms with Gasteiger partial charge in [-0.1, -0.05) is 6.07 Å². The standard InChI is InChI=1S/C15H14IN3O3/c1-3-22-15(21)13-11-7-18(2)14(20)12-9(16)5-4-6-10(12)19(11)8-17-13/h4-7H,3,8H2,1-2H3. The lowest BCUT2D eigenvalue weighted by Gasteiger charge is -2.20. The van der Waals surface area contributed by atoms with E-state index < -0.39 is 5.97 Å². The number of anilines is 1. The second-order valence-corrected chi connectivity index (χ2v) is 6.02. The number of halogens is 1. The molecule has 1 amide bonds. The van der Waals surface area contributed by atoms with E-state index in [-0.39, 0.29) is 18.2 Å². The fourth-order valence-electron chi connectivity index (χ4n) is 2.50. The van der Waals surface area contributed by atoms with Crippen LogP contribution in [0.3, 0.4) is 0 Å². The van der Waals surface area contributed by atoms with Crippen molar-refractivity contribution in [3.05, 3.63) is 39.2 Å². The number of rotatable bonds is 2. The summed E-state index contributed by atoms with van der Waals surface area (Å²) in [5.74, 6) is -0.573. The van der Waals surface area contributed by atoms with Gasteiger partial charge in [0.05, 0.1) is 23.6 Å². The summed E-state index contributed by atoms with van der Waals surface area (Å²) in [6, 6.07) is 5.64. The van der Waals surface area contributed by atoms with Gasteiger partial charge in [-0.2, -0.15) is 0 Å². The molecule has 6 nitrogen and oxygen atoms in total. The monoisotopic (exact) mass is 411 g/mol. The minimum atomic E-state index is -0.467.